The average molecular weight is 383 g/mol. The molecule has 0 aliphatic heterocycles. The number of amides is 2. The topological polar surface area (TPSA) is 58.2 Å². The third kappa shape index (κ3) is 3.20. The summed E-state index contributed by atoms with van der Waals surface area (Å²) in [5, 5.41) is 5.19. The Kier molecular flexibility index (Phi) is 4.21. The van der Waals surface area contributed by atoms with Crippen molar-refractivity contribution in [3.63, 3.8) is 0 Å². The number of hydrogen-bond acceptors (Lipinski definition) is 2. The lowest BCUT2D eigenvalue weighted by molar-refractivity contribution is -0.145. The largest absolute Gasteiger partial charge is 0.347 e. The van der Waals surface area contributed by atoms with E-state index in [0.717, 1.165) is 44.2 Å². The standard InChI is InChI=1S/C19H21ClF2N2O2/c20-19-7-11-3-12(8-19)6-18(5-11,10-19)17(26)23-9-16(25)24-13-1-2-14(21)15(22)4-13/h1-2,4,11-12H,3,5-10H2,(H,23,26)(H,24,25). The van der Waals surface area contributed by atoms with Crippen LogP contribution in [0, 0.1) is 28.9 Å². The van der Waals surface area contributed by atoms with Gasteiger partial charge in [0.1, 0.15) is 0 Å². The zero-order valence-electron chi connectivity index (χ0n) is 14.3. The summed E-state index contributed by atoms with van der Waals surface area (Å²) in [4.78, 5) is 24.6. The number of alkyl halides is 1. The summed E-state index contributed by atoms with van der Waals surface area (Å²) in [6.07, 6.45) is 5.47. The summed E-state index contributed by atoms with van der Waals surface area (Å²) in [6, 6.07) is 3.12. The average Bonchev–Trinajstić information content (AvgIpc) is 2.53. The number of carbonyl (C=O) groups excluding carboxylic acids is 2. The molecule has 1 aromatic carbocycles. The molecule has 4 bridgehead atoms. The van der Waals surface area contributed by atoms with Crippen LogP contribution in [-0.4, -0.2) is 23.2 Å². The molecule has 0 saturated heterocycles. The Balaban J connectivity index is 1.36. The van der Waals surface area contributed by atoms with Crippen molar-refractivity contribution in [2.75, 3.05) is 11.9 Å². The molecule has 0 radical (unpaired) electrons. The van der Waals surface area contributed by atoms with Crippen molar-refractivity contribution >= 4 is 29.1 Å². The Morgan fingerprint density at radius 1 is 1.12 bits per heavy atom. The summed E-state index contributed by atoms with van der Waals surface area (Å²) in [7, 11) is 0. The summed E-state index contributed by atoms with van der Waals surface area (Å²) < 4.78 is 26.1. The highest BCUT2D eigenvalue weighted by atomic mass is 35.5. The Bertz CT molecular complexity index is 756. The van der Waals surface area contributed by atoms with E-state index in [1.807, 2.05) is 0 Å². The van der Waals surface area contributed by atoms with Gasteiger partial charge >= 0.3 is 0 Å². The maximum atomic E-state index is 13.2. The molecule has 0 heterocycles. The van der Waals surface area contributed by atoms with E-state index in [2.05, 4.69) is 10.6 Å². The van der Waals surface area contributed by atoms with Crippen LogP contribution in [0.4, 0.5) is 14.5 Å². The van der Waals surface area contributed by atoms with Crippen LogP contribution in [0.2, 0.25) is 0 Å². The van der Waals surface area contributed by atoms with Crippen LogP contribution >= 0.6 is 11.6 Å². The van der Waals surface area contributed by atoms with E-state index < -0.39 is 23.0 Å². The number of anilines is 1. The Labute approximate surface area is 155 Å². The van der Waals surface area contributed by atoms with E-state index in [1.54, 1.807) is 0 Å². The molecular formula is C19H21ClF2N2O2. The van der Waals surface area contributed by atoms with Gasteiger partial charge in [-0.05, 0) is 62.5 Å². The molecule has 4 aliphatic carbocycles. The van der Waals surface area contributed by atoms with Gasteiger partial charge in [0, 0.05) is 16.6 Å². The molecule has 0 aromatic heterocycles. The van der Waals surface area contributed by atoms with E-state index in [4.69, 9.17) is 11.6 Å². The van der Waals surface area contributed by atoms with Crippen LogP contribution in [0.25, 0.3) is 0 Å². The van der Waals surface area contributed by atoms with Crippen molar-refractivity contribution in [1.82, 2.24) is 5.32 Å². The maximum Gasteiger partial charge on any atom is 0.243 e. The smallest absolute Gasteiger partial charge is 0.243 e. The van der Waals surface area contributed by atoms with Crippen LogP contribution in [0.5, 0.6) is 0 Å². The van der Waals surface area contributed by atoms with Gasteiger partial charge in [-0.1, -0.05) is 0 Å². The first-order valence-corrected chi connectivity index (χ1v) is 9.37. The van der Waals surface area contributed by atoms with E-state index >= 15 is 0 Å². The highest BCUT2D eigenvalue weighted by molar-refractivity contribution is 6.24. The fourth-order valence-corrected chi connectivity index (χ4v) is 6.24. The maximum absolute atomic E-state index is 13.2. The number of benzene rings is 1. The van der Waals surface area contributed by atoms with Crippen LogP contribution in [-0.2, 0) is 9.59 Å². The van der Waals surface area contributed by atoms with E-state index in [0.29, 0.717) is 18.3 Å². The lowest BCUT2D eigenvalue weighted by Gasteiger charge is -2.59. The van der Waals surface area contributed by atoms with Crippen LogP contribution in [0.1, 0.15) is 38.5 Å². The Morgan fingerprint density at radius 3 is 2.42 bits per heavy atom. The predicted octanol–water partition coefficient (Wildman–Crippen LogP) is 3.60. The van der Waals surface area contributed by atoms with E-state index in [-0.39, 0.29) is 23.0 Å². The lowest BCUT2D eigenvalue weighted by atomic mass is 9.49. The molecule has 7 heteroatoms. The second-order valence-electron chi connectivity index (χ2n) is 8.25. The number of hydrogen-bond donors (Lipinski definition) is 2. The normalized spacial score (nSPS) is 34.6. The molecule has 1 aromatic rings. The van der Waals surface area contributed by atoms with Crippen molar-refractivity contribution in [3.05, 3.63) is 29.8 Å². The third-order valence-electron chi connectivity index (χ3n) is 6.08. The summed E-state index contributed by atoms with van der Waals surface area (Å²) in [5.74, 6) is -1.61. The van der Waals surface area contributed by atoms with Gasteiger partial charge in [0.05, 0.1) is 12.0 Å². The first kappa shape index (κ1) is 17.7. The highest BCUT2D eigenvalue weighted by Crippen LogP contribution is 2.63. The van der Waals surface area contributed by atoms with Crippen LogP contribution in [0.3, 0.4) is 0 Å². The quantitative estimate of drug-likeness (QED) is 0.782. The van der Waals surface area contributed by atoms with Crippen LogP contribution < -0.4 is 10.6 Å². The molecule has 0 spiro atoms. The molecule has 2 N–H and O–H groups in total. The molecule has 2 atom stereocenters. The highest BCUT2D eigenvalue weighted by Gasteiger charge is 2.60. The van der Waals surface area contributed by atoms with Crippen molar-refractivity contribution < 1.29 is 18.4 Å². The van der Waals surface area contributed by atoms with Gasteiger partial charge in [-0.3, -0.25) is 9.59 Å². The van der Waals surface area contributed by atoms with E-state index in [9.17, 15) is 18.4 Å². The van der Waals surface area contributed by atoms with Crippen molar-refractivity contribution in [1.29, 1.82) is 0 Å². The van der Waals surface area contributed by atoms with Gasteiger partial charge in [-0.2, -0.15) is 0 Å². The molecule has 4 saturated carbocycles. The monoisotopic (exact) mass is 382 g/mol. The van der Waals surface area contributed by atoms with E-state index in [1.165, 1.54) is 6.07 Å². The van der Waals surface area contributed by atoms with Gasteiger partial charge < -0.3 is 10.6 Å². The molecule has 26 heavy (non-hydrogen) atoms. The second kappa shape index (κ2) is 6.19. The zero-order valence-corrected chi connectivity index (χ0v) is 15.0. The fourth-order valence-electron chi connectivity index (χ4n) is 5.54. The van der Waals surface area contributed by atoms with Crippen LogP contribution in [0.15, 0.2) is 18.2 Å². The molecule has 140 valence electrons. The summed E-state index contributed by atoms with van der Waals surface area (Å²) in [6.45, 7) is -0.204. The molecule has 4 fully saturated rings. The van der Waals surface area contributed by atoms with Crippen molar-refractivity contribution in [2.45, 2.75) is 43.4 Å². The Hall–Kier alpha value is -1.69. The van der Waals surface area contributed by atoms with Gasteiger partial charge in [0.15, 0.2) is 11.6 Å². The fraction of sp³-hybridized carbons (Fsp3) is 0.579. The van der Waals surface area contributed by atoms with Gasteiger partial charge in [0.25, 0.3) is 0 Å². The molecule has 2 unspecified atom stereocenters. The number of carbonyl (C=O) groups is 2. The molecule has 5 rings (SSSR count). The zero-order chi connectivity index (χ0) is 18.5. The minimum Gasteiger partial charge on any atom is -0.347 e. The molecular weight excluding hydrogens is 362 g/mol. The van der Waals surface area contributed by atoms with Gasteiger partial charge in [-0.15, -0.1) is 11.6 Å². The first-order chi connectivity index (χ1) is 12.3. The SMILES string of the molecule is O=C(CNC(=O)C12CC3CC(CC(Cl)(C3)C1)C2)Nc1ccc(F)c(F)c1. The number of halogens is 3. The summed E-state index contributed by atoms with van der Waals surface area (Å²) >= 11 is 6.74. The molecule has 4 nitrogen and oxygen atoms in total. The molecule has 2 amide bonds. The minimum absolute atomic E-state index is 0.114. The van der Waals surface area contributed by atoms with Crippen molar-refractivity contribution in [2.24, 2.45) is 17.3 Å². The predicted molar refractivity (Wildman–Crippen MR) is 93.7 cm³/mol. The lowest BCUT2D eigenvalue weighted by Crippen LogP contribution is -2.58. The van der Waals surface area contributed by atoms with Gasteiger partial charge in [-0.25, -0.2) is 8.78 Å². The first-order valence-electron chi connectivity index (χ1n) is 8.99. The van der Waals surface area contributed by atoms with Gasteiger partial charge in [0.2, 0.25) is 11.8 Å². The number of nitrogens with one attached hydrogen (secondary N) is 2. The van der Waals surface area contributed by atoms with Crippen molar-refractivity contribution in [3.8, 4) is 0 Å². The Morgan fingerprint density at radius 2 is 1.81 bits per heavy atom. The molecule has 4 aliphatic rings. The second-order valence-corrected chi connectivity index (χ2v) is 9.05. The summed E-state index contributed by atoms with van der Waals surface area (Å²) in [5.41, 5.74) is -0.314. The number of rotatable bonds is 4. The minimum atomic E-state index is -1.03. The third-order valence-corrected chi connectivity index (χ3v) is 6.53.